The molecule has 1 aromatic rings. The van der Waals surface area contributed by atoms with E-state index in [2.05, 4.69) is 10.2 Å². The van der Waals surface area contributed by atoms with E-state index in [1.807, 2.05) is 0 Å². The molecular weight excluding hydrogens is 282 g/mol. The predicted octanol–water partition coefficient (Wildman–Crippen LogP) is 1.05. The summed E-state index contributed by atoms with van der Waals surface area (Å²) >= 11 is 0. The van der Waals surface area contributed by atoms with Gasteiger partial charge < -0.3 is 15.0 Å². The molecule has 0 atom stereocenters. The molecule has 0 aliphatic carbocycles. The largest absolute Gasteiger partial charge is 0.379 e. The van der Waals surface area contributed by atoms with Crippen LogP contribution >= 0.6 is 0 Å². The van der Waals surface area contributed by atoms with Gasteiger partial charge in [0.1, 0.15) is 0 Å². The van der Waals surface area contributed by atoms with Gasteiger partial charge in [-0.1, -0.05) is 6.07 Å². The van der Waals surface area contributed by atoms with E-state index in [1.54, 1.807) is 36.2 Å². The first kappa shape index (κ1) is 16.5. The number of rotatable bonds is 5. The minimum Gasteiger partial charge on any atom is -0.379 e. The fourth-order valence-electron chi connectivity index (χ4n) is 2.37. The molecule has 1 aliphatic rings. The Balaban J connectivity index is 1.90. The van der Waals surface area contributed by atoms with Gasteiger partial charge in [-0.3, -0.25) is 14.5 Å². The molecule has 0 unspecified atom stereocenters. The number of nitrogens with one attached hydrogen (secondary N) is 1. The fraction of sp³-hybridized carbons (Fsp3) is 0.500. The van der Waals surface area contributed by atoms with Crippen LogP contribution in [0.5, 0.6) is 0 Å². The Morgan fingerprint density at radius 3 is 2.73 bits per heavy atom. The topological polar surface area (TPSA) is 61.9 Å². The Labute approximate surface area is 131 Å². The van der Waals surface area contributed by atoms with Crippen molar-refractivity contribution in [3.05, 3.63) is 29.8 Å². The standard InChI is InChI=1S/C16H23N3O3/c1-13(20)17-15-5-3-4-14(12-15)16(21)18(2)6-7-19-8-10-22-11-9-19/h3-5,12H,6-11H2,1-2H3,(H,17,20). The number of carbonyl (C=O) groups excluding carboxylic acids is 2. The summed E-state index contributed by atoms with van der Waals surface area (Å²) in [7, 11) is 1.80. The van der Waals surface area contributed by atoms with E-state index in [4.69, 9.17) is 4.74 Å². The molecule has 2 rings (SSSR count). The number of ether oxygens (including phenoxy) is 1. The SMILES string of the molecule is CC(=O)Nc1cccc(C(=O)N(C)CCN2CCOCC2)c1. The molecule has 0 radical (unpaired) electrons. The quantitative estimate of drug-likeness (QED) is 0.883. The van der Waals surface area contributed by atoms with Crippen LogP contribution in [0, 0.1) is 0 Å². The van der Waals surface area contributed by atoms with Gasteiger partial charge in [0.15, 0.2) is 0 Å². The first-order valence-electron chi connectivity index (χ1n) is 7.49. The van der Waals surface area contributed by atoms with E-state index in [9.17, 15) is 9.59 Å². The highest BCUT2D eigenvalue weighted by atomic mass is 16.5. The number of nitrogens with zero attached hydrogens (tertiary/aromatic N) is 2. The van der Waals surface area contributed by atoms with Crippen molar-refractivity contribution in [2.45, 2.75) is 6.92 Å². The van der Waals surface area contributed by atoms with Crippen molar-refractivity contribution < 1.29 is 14.3 Å². The number of carbonyl (C=O) groups is 2. The minimum absolute atomic E-state index is 0.0412. The maximum absolute atomic E-state index is 12.4. The molecule has 1 saturated heterocycles. The van der Waals surface area contributed by atoms with Crippen molar-refractivity contribution in [3.63, 3.8) is 0 Å². The molecular formula is C16H23N3O3. The Morgan fingerprint density at radius 1 is 1.32 bits per heavy atom. The van der Waals surface area contributed by atoms with Gasteiger partial charge in [0.05, 0.1) is 13.2 Å². The Morgan fingerprint density at radius 2 is 2.05 bits per heavy atom. The number of morpholine rings is 1. The molecule has 22 heavy (non-hydrogen) atoms. The van der Waals surface area contributed by atoms with E-state index in [0.717, 1.165) is 32.8 Å². The Hall–Kier alpha value is -1.92. The first-order chi connectivity index (χ1) is 10.6. The third kappa shape index (κ3) is 4.82. The zero-order valence-corrected chi connectivity index (χ0v) is 13.2. The highest BCUT2D eigenvalue weighted by molar-refractivity contribution is 5.96. The molecule has 6 nitrogen and oxygen atoms in total. The monoisotopic (exact) mass is 305 g/mol. The van der Waals surface area contributed by atoms with E-state index in [0.29, 0.717) is 17.8 Å². The average Bonchev–Trinajstić information content (AvgIpc) is 2.52. The zero-order valence-electron chi connectivity index (χ0n) is 13.2. The van der Waals surface area contributed by atoms with Gasteiger partial charge in [-0.25, -0.2) is 0 Å². The lowest BCUT2D eigenvalue weighted by Crippen LogP contribution is -2.41. The summed E-state index contributed by atoms with van der Waals surface area (Å²) in [6.07, 6.45) is 0. The summed E-state index contributed by atoms with van der Waals surface area (Å²) in [6.45, 7) is 6.32. The zero-order chi connectivity index (χ0) is 15.9. The number of likely N-dealkylation sites (N-methyl/N-ethyl adjacent to an activating group) is 1. The molecule has 1 fully saturated rings. The van der Waals surface area contributed by atoms with Crippen molar-refractivity contribution in [2.24, 2.45) is 0 Å². The van der Waals surface area contributed by atoms with Crippen molar-refractivity contribution >= 4 is 17.5 Å². The Bertz CT molecular complexity index is 527. The van der Waals surface area contributed by atoms with Gasteiger partial charge in [-0.15, -0.1) is 0 Å². The maximum Gasteiger partial charge on any atom is 0.253 e. The van der Waals surface area contributed by atoms with Crippen LogP contribution in [0.25, 0.3) is 0 Å². The molecule has 0 aromatic heterocycles. The first-order valence-corrected chi connectivity index (χ1v) is 7.49. The van der Waals surface area contributed by atoms with Crippen LogP contribution in [0.3, 0.4) is 0 Å². The third-order valence-corrected chi connectivity index (χ3v) is 3.63. The smallest absolute Gasteiger partial charge is 0.253 e. The van der Waals surface area contributed by atoms with Crippen molar-refractivity contribution in [1.29, 1.82) is 0 Å². The highest BCUT2D eigenvalue weighted by Gasteiger charge is 2.15. The number of benzene rings is 1. The Kier molecular flexibility index (Phi) is 5.91. The van der Waals surface area contributed by atoms with E-state index in [-0.39, 0.29) is 11.8 Å². The molecule has 1 heterocycles. The summed E-state index contributed by atoms with van der Waals surface area (Å²) in [5.74, 6) is -0.189. The number of anilines is 1. The molecule has 1 N–H and O–H groups in total. The van der Waals surface area contributed by atoms with Gasteiger partial charge in [-0.05, 0) is 18.2 Å². The van der Waals surface area contributed by atoms with Crippen LogP contribution in [-0.2, 0) is 9.53 Å². The van der Waals surface area contributed by atoms with Crippen LogP contribution in [0.4, 0.5) is 5.69 Å². The highest BCUT2D eigenvalue weighted by Crippen LogP contribution is 2.12. The van der Waals surface area contributed by atoms with Gasteiger partial charge in [0.25, 0.3) is 5.91 Å². The second kappa shape index (κ2) is 7.91. The van der Waals surface area contributed by atoms with Crippen molar-refractivity contribution in [1.82, 2.24) is 9.80 Å². The molecule has 6 heteroatoms. The van der Waals surface area contributed by atoms with Crippen LogP contribution < -0.4 is 5.32 Å². The summed E-state index contributed by atoms with van der Waals surface area (Å²) in [5, 5.41) is 2.69. The van der Waals surface area contributed by atoms with Gasteiger partial charge in [-0.2, -0.15) is 0 Å². The van der Waals surface area contributed by atoms with Gasteiger partial charge in [0.2, 0.25) is 5.91 Å². The van der Waals surface area contributed by atoms with E-state index in [1.165, 1.54) is 6.92 Å². The molecule has 2 amide bonds. The van der Waals surface area contributed by atoms with Crippen LogP contribution in [-0.4, -0.2) is 68.1 Å². The van der Waals surface area contributed by atoms with Crippen molar-refractivity contribution in [3.8, 4) is 0 Å². The fourth-order valence-corrected chi connectivity index (χ4v) is 2.37. The van der Waals surface area contributed by atoms with Crippen molar-refractivity contribution in [2.75, 3.05) is 51.8 Å². The van der Waals surface area contributed by atoms with Crippen LogP contribution in [0.1, 0.15) is 17.3 Å². The second-order valence-corrected chi connectivity index (χ2v) is 5.44. The van der Waals surface area contributed by atoms with E-state index >= 15 is 0 Å². The third-order valence-electron chi connectivity index (χ3n) is 3.63. The maximum atomic E-state index is 12.4. The minimum atomic E-state index is -0.148. The lowest BCUT2D eigenvalue weighted by molar-refractivity contribution is -0.114. The number of hydrogen-bond donors (Lipinski definition) is 1. The summed E-state index contributed by atoms with van der Waals surface area (Å²) in [5.41, 5.74) is 1.22. The lowest BCUT2D eigenvalue weighted by Gasteiger charge is -2.28. The van der Waals surface area contributed by atoms with Gasteiger partial charge in [0, 0.05) is 51.4 Å². The number of hydrogen-bond acceptors (Lipinski definition) is 4. The average molecular weight is 305 g/mol. The number of amides is 2. The summed E-state index contributed by atoms with van der Waals surface area (Å²) in [4.78, 5) is 27.5. The summed E-state index contributed by atoms with van der Waals surface area (Å²) < 4.78 is 5.31. The molecule has 1 aromatic carbocycles. The molecule has 120 valence electrons. The normalized spacial score (nSPS) is 15.4. The molecule has 0 spiro atoms. The lowest BCUT2D eigenvalue weighted by atomic mass is 10.1. The van der Waals surface area contributed by atoms with E-state index < -0.39 is 0 Å². The van der Waals surface area contributed by atoms with Crippen LogP contribution in [0.15, 0.2) is 24.3 Å². The summed E-state index contributed by atoms with van der Waals surface area (Å²) in [6, 6.07) is 7.01. The predicted molar refractivity (Wildman–Crippen MR) is 85.0 cm³/mol. The molecule has 0 bridgehead atoms. The molecule has 1 aliphatic heterocycles. The second-order valence-electron chi connectivity index (χ2n) is 5.44. The van der Waals surface area contributed by atoms with Crippen LogP contribution in [0.2, 0.25) is 0 Å². The molecule has 0 saturated carbocycles. The van der Waals surface area contributed by atoms with Gasteiger partial charge >= 0.3 is 0 Å².